The van der Waals surface area contributed by atoms with Crippen molar-refractivity contribution in [1.29, 1.82) is 0 Å². The fourth-order valence-electron chi connectivity index (χ4n) is 2.03. The Bertz CT molecular complexity index is 508. The van der Waals surface area contributed by atoms with Crippen LogP contribution in [0.4, 0.5) is 4.39 Å². The molecule has 0 saturated carbocycles. The number of benzene rings is 2. The molecule has 2 rings (SSSR count). The van der Waals surface area contributed by atoms with Crippen LogP contribution in [0.25, 0.3) is 0 Å². The molecule has 0 fully saturated rings. The van der Waals surface area contributed by atoms with E-state index in [4.69, 9.17) is 0 Å². The molecule has 0 aliphatic rings. The Labute approximate surface area is 107 Å². The molecule has 1 N–H and O–H groups in total. The van der Waals surface area contributed by atoms with Crippen molar-refractivity contribution >= 4 is 0 Å². The van der Waals surface area contributed by atoms with Crippen LogP contribution in [-0.2, 0) is 6.42 Å². The van der Waals surface area contributed by atoms with Crippen LogP contribution in [0.3, 0.4) is 0 Å². The van der Waals surface area contributed by atoms with Gasteiger partial charge in [0.25, 0.3) is 0 Å². The number of aryl methyl sites for hydroxylation is 2. The van der Waals surface area contributed by atoms with Crippen LogP contribution >= 0.6 is 0 Å². The monoisotopic (exact) mass is 244 g/mol. The second-order valence-electron chi connectivity index (χ2n) is 4.52. The molecule has 2 aromatic rings. The predicted molar refractivity (Wildman–Crippen MR) is 70.9 cm³/mol. The highest BCUT2D eigenvalue weighted by Gasteiger charge is 2.13. The van der Waals surface area contributed by atoms with Gasteiger partial charge in [0.05, 0.1) is 6.10 Å². The highest BCUT2D eigenvalue weighted by Crippen LogP contribution is 2.23. The maximum atomic E-state index is 13.8. The number of halogens is 1. The first-order chi connectivity index (χ1) is 8.68. The Morgan fingerprint density at radius 1 is 1.06 bits per heavy atom. The van der Waals surface area contributed by atoms with E-state index >= 15 is 0 Å². The van der Waals surface area contributed by atoms with Crippen LogP contribution in [0.1, 0.15) is 29.2 Å². The van der Waals surface area contributed by atoms with Gasteiger partial charge in [-0.15, -0.1) is 0 Å². The minimum absolute atomic E-state index is 0.293. The van der Waals surface area contributed by atoms with E-state index in [9.17, 15) is 9.50 Å². The van der Waals surface area contributed by atoms with Crippen molar-refractivity contribution in [2.45, 2.75) is 25.9 Å². The second kappa shape index (κ2) is 5.78. The fourth-order valence-corrected chi connectivity index (χ4v) is 2.03. The molecule has 1 atom stereocenters. The highest BCUT2D eigenvalue weighted by molar-refractivity contribution is 5.27. The van der Waals surface area contributed by atoms with Gasteiger partial charge in [0, 0.05) is 5.56 Å². The Balaban J connectivity index is 2.04. The lowest BCUT2D eigenvalue weighted by atomic mass is 9.99. The summed E-state index contributed by atoms with van der Waals surface area (Å²) in [6.45, 7) is 1.71. The maximum Gasteiger partial charge on any atom is 0.131 e. The summed E-state index contributed by atoms with van der Waals surface area (Å²) in [5, 5.41) is 10.0. The van der Waals surface area contributed by atoms with Gasteiger partial charge >= 0.3 is 0 Å². The van der Waals surface area contributed by atoms with Crippen LogP contribution in [0, 0.1) is 12.7 Å². The largest absolute Gasteiger partial charge is 0.388 e. The summed E-state index contributed by atoms with van der Waals surface area (Å²) in [7, 11) is 0. The van der Waals surface area contributed by atoms with E-state index in [2.05, 4.69) is 0 Å². The lowest BCUT2D eigenvalue weighted by Crippen LogP contribution is -2.03. The second-order valence-corrected chi connectivity index (χ2v) is 4.52. The predicted octanol–water partition coefficient (Wildman–Crippen LogP) is 3.80. The van der Waals surface area contributed by atoms with E-state index < -0.39 is 6.10 Å². The normalized spacial score (nSPS) is 12.4. The molecule has 0 aliphatic heterocycles. The zero-order valence-electron chi connectivity index (χ0n) is 10.4. The molecule has 0 spiro atoms. The summed E-state index contributed by atoms with van der Waals surface area (Å²) >= 11 is 0. The molecule has 94 valence electrons. The van der Waals surface area contributed by atoms with Gasteiger partial charge in [-0.3, -0.25) is 0 Å². The standard InChI is InChI=1S/C16H17FO/c1-12-6-5-9-14(16(12)17)15(18)11-10-13-7-3-2-4-8-13/h2-9,15,18H,10-11H2,1H3. The molecule has 0 aromatic heterocycles. The fraction of sp³-hybridized carbons (Fsp3) is 0.250. The quantitative estimate of drug-likeness (QED) is 0.867. The van der Waals surface area contributed by atoms with Gasteiger partial charge in [0.15, 0.2) is 0 Å². The average molecular weight is 244 g/mol. The lowest BCUT2D eigenvalue weighted by Gasteiger charge is -2.13. The molecule has 2 heteroatoms. The molecule has 0 saturated heterocycles. The van der Waals surface area contributed by atoms with E-state index in [1.807, 2.05) is 30.3 Å². The number of aliphatic hydroxyl groups excluding tert-OH is 1. The molecular formula is C16H17FO. The van der Waals surface area contributed by atoms with Crippen LogP contribution < -0.4 is 0 Å². The molecule has 1 unspecified atom stereocenters. The third kappa shape index (κ3) is 2.96. The Kier molecular flexibility index (Phi) is 4.11. The summed E-state index contributed by atoms with van der Waals surface area (Å²) in [6, 6.07) is 15.1. The van der Waals surface area contributed by atoms with Crippen molar-refractivity contribution in [2.75, 3.05) is 0 Å². The van der Waals surface area contributed by atoms with Crippen LogP contribution in [-0.4, -0.2) is 5.11 Å². The molecule has 0 heterocycles. The van der Waals surface area contributed by atoms with Crippen molar-refractivity contribution in [2.24, 2.45) is 0 Å². The molecule has 0 aliphatic carbocycles. The number of hydrogen-bond donors (Lipinski definition) is 1. The molecule has 0 radical (unpaired) electrons. The third-order valence-corrected chi connectivity index (χ3v) is 3.13. The smallest absolute Gasteiger partial charge is 0.131 e. The van der Waals surface area contributed by atoms with Crippen LogP contribution in [0.15, 0.2) is 48.5 Å². The van der Waals surface area contributed by atoms with Crippen molar-refractivity contribution in [3.05, 3.63) is 71.0 Å². The Morgan fingerprint density at radius 2 is 1.78 bits per heavy atom. The van der Waals surface area contributed by atoms with E-state index in [0.29, 0.717) is 17.5 Å². The molecule has 18 heavy (non-hydrogen) atoms. The molecule has 1 nitrogen and oxygen atoms in total. The highest BCUT2D eigenvalue weighted by atomic mass is 19.1. The minimum atomic E-state index is -0.745. The summed E-state index contributed by atoms with van der Waals surface area (Å²) in [5.41, 5.74) is 2.13. The minimum Gasteiger partial charge on any atom is -0.388 e. The van der Waals surface area contributed by atoms with Gasteiger partial charge < -0.3 is 5.11 Å². The van der Waals surface area contributed by atoms with Crippen molar-refractivity contribution in [1.82, 2.24) is 0 Å². The number of hydrogen-bond acceptors (Lipinski definition) is 1. The first-order valence-corrected chi connectivity index (χ1v) is 6.15. The molecular weight excluding hydrogens is 227 g/mol. The average Bonchev–Trinajstić information content (AvgIpc) is 2.40. The lowest BCUT2D eigenvalue weighted by molar-refractivity contribution is 0.163. The van der Waals surface area contributed by atoms with E-state index in [1.54, 1.807) is 25.1 Å². The SMILES string of the molecule is Cc1cccc(C(O)CCc2ccccc2)c1F. The molecule has 0 bridgehead atoms. The third-order valence-electron chi connectivity index (χ3n) is 3.13. The first-order valence-electron chi connectivity index (χ1n) is 6.15. The van der Waals surface area contributed by atoms with Gasteiger partial charge in [0.1, 0.15) is 5.82 Å². The van der Waals surface area contributed by atoms with Crippen molar-refractivity contribution < 1.29 is 9.50 Å². The number of rotatable bonds is 4. The topological polar surface area (TPSA) is 20.2 Å². The zero-order valence-corrected chi connectivity index (χ0v) is 10.4. The van der Waals surface area contributed by atoms with E-state index in [-0.39, 0.29) is 5.82 Å². The van der Waals surface area contributed by atoms with Gasteiger partial charge in [0.2, 0.25) is 0 Å². The molecule has 0 amide bonds. The Hall–Kier alpha value is -1.67. The van der Waals surface area contributed by atoms with Crippen molar-refractivity contribution in [3.8, 4) is 0 Å². The van der Waals surface area contributed by atoms with Gasteiger partial charge in [-0.2, -0.15) is 0 Å². The Morgan fingerprint density at radius 3 is 2.50 bits per heavy atom. The summed E-state index contributed by atoms with van der Waals surface area (Å²) in [5.74, 6) is -0.293. The molecule has 2 aromatic carbocycles. The van der Waals surface area contributed by atoms with Crippen LogP contribution in [0.2, 0.25) is 0 Å². The summed E-state index contributed by atoms with van der Waals surface area (Å²) in [6.07, 6.45) is 0.532. The van der Waals surface area contributed by atoms with E-state index in [1.165, 1.54) is 0 Å². The summed E-state index contributed by atoms with van der Waals surface area (Å²) in [4.78, 5) is 0. The van der Waals surface area contributed by atoms with Gasteiger partial charge in [-0.05, 0) is 30.9 Å². The number of aliphatic hydroxyl groups is 1. The maximum absolute atomic E-state index is 13.8. The first kappa shape index (κ1) is 12.8. The van der Waals surface area contributed by atoms with Gasteiger partial charge in [-0.25, -0.2) is 4.39 Å². The van der Waals surface area contributed by atoms with E-state index in [0.717, 1.165) is 12.0 Å². The zero-order chi connectivity index (χ0) is 13.0. The van der Waals surface area contributed by atoms with Gasteiger partial charge in [-0.1, -0.05) is 48.5 Å². The summed E-state index contributed by atoms with van der Waals surface area (Å²) < 4.78 is 13.8. The van der Waals surface area contributed by atoms with Crippen LogP contribution in [0.5, 0.6) is 0 Å². The van der Waals surface area contributed by atoms with Crippen molar-refractivity contribution in [3.63, 3.8) is 0 Å².